The summed E-state index contributed by atoms with van der Waals surface area (Å²) in [5, 5.41) is -0.542. The molecule has 4 nitrogen and oxygen atoms in total. The number of benzene rings is 2. The maximum atomic E-state index is 14.3. The van der Waals surface area contributed by atoms with Crippen molar-refractivity contribution < 1.29 is 23.4 Å². The summed E-state index contributed by atoms with van der Waals surface area (Å²) in [6.07, 6.45) is -2.06. The Morgan fingerprint density at radius 1 is 1.04 bits per heavy atom. The molecular formula is C21H23FO4S. The van der Waals surface area contributed by atoms with Crippen molar-refractivity contribution in [2.75, 3.05) is 6.61 Å². The highest BCUT2D eigenvalue weighted by Gasteiger charge is 2.49. The minimum atomic E-state index is -1.68. The number of alkyl halides is 1. The Morgan fingerprint density at radius 2 is 1.63 bits per heavy atom. The maximum Gasteiger partial charge on any atom is 0.305 e. The summed E-state index contributed by atoms with van der Waals surface area (Å²) in [5.74, 6) is -0.631. The van der Waals surface area contributed by atoms with Crippen molar-refractivity contribution in [3.63, 3.8) is 0 Å². The summed E-state index contributed by atoms with van der Waals surface area (Å²) in [4.78, 5) is 11.1. The molecule has 0 N–H and O–H groups in total. The standard InChI is InChI=1S/C21H23FO4S/c1-15(23)26-21(22)20-19(25-13-17-10-6-3-7-11-17)18(27-20)14-24-12-16-8-4-2-5-9-16/h2-11,18-21H,12-14H2,1H3/t18-,19-,20-,21?/m0/s1. The van der Waals surface area contributed by atoms with Gasteiger partial charge in [0.25, 0.3) is 6.36 Å². The number of esters is 1. The quantitative estimate of drug-likeness (QED) is 0.603. The molecule has 2 aromatic carbocycles. The minimum Gasteiger partial charge on any atom is -0.430 e. The lowest BCUT2D eigenvalue weighted by Crippen LogP contribution is -2.54. The van der Waals surface area contributed by atoms with Crippen LogP contribution in [0.15, 0.2) is 60.7 Å². The summed E-state index contributed by atoms with van der Waals surface area (Å²) in [5.41, 5.74) is 2.10. The Kier molecular flexibility index (Phi) is 7.26. The summed E-state index contributed by atoms with van der Waals surface area (Å²) < 4.78 is 30.7. The van der Waals surface area contributed by atoms with E-state index in [1.165, 1.54) is 18.7 Å². The van der Waals surface area contributed by atoms with Crippen LogP contribution in [0, 0.1) is 0 Å². The Morgan fingerprint density at radius 3 is 2.22 bits per heavy atom. The Bertz CT molecular complexity index is 713. The van der Waals surface area contributed by atoms with Crippen molar-refractivity contribution in [1.29, 1.82) is 0 Å². The monoisotopic (exact) mass is 390 g/mol. The Balaban J connectivity index is 1.54. The van der Waals surface area contributed by atoms with Crippen molar-refractivity contribution in [2.45, 2.75) is 43.1 Å². The van der Waals surface area contributed by atoms with Crippen LogP contribution in [0.5, 0.6) is 0 Å². The van der Waals surface area contributed by atoms with E-state index in [4.69, 9.17) is 14.2 Å². The number of hydrogen-bond acceptors (Lipinski definition) is 5. The second-order valence-electron chi connectivity index (χ2n) is 6.36. The molecule has 0 spiro atoms. The number of carbonyl (C=O) groups excluding carboxylic acids is 1. The first kappa shape index (κ1) is 19.9. The predicted octanol–water partition coefficient (Wildman–Crippen LogP) is 4.13. The lowest BCUT2D eigenvalue weighted by atomic mass is 10.1. The summed E-state index contributed by atoms with van der Waals surface area (Å²) in [6, 6.07) is 19.6. The van der Waals surface area contributed by atoms with E-state index in [9.17, 15) is 9.18 Å². The molecule has 1 aliphatic rings. The van der Waals surface area contributed by atoms with Crippen LogP contribution in [0.2, 0.25) is 0 Å². The van der Waals surface area contributed by atoms with Gasteiger partial charge in [-0.1, -0.05) is 60.7 Å². The van der Waals surface area contributed by atoms with Crippen molar-refractivity contribution in [3.05, 3.63) is 71.8 Å². The molecule has 1 saturated heterocycles. The van der Waals surface area contributed by atoms with Crippen LogP contribution < -0.4 is 0 Å². The normalized spacial score (nSPS) is 22.7. The lowest BCUT2D eigenvalue weighted by Gasteiger charge is -2.44. The third kappa shape index (κ3) is 5.79. The number of ether oxygens (including phenoxy) is 3. The number of rotatable bonds is 9. The molecule has 4 atom stereocenters. The molecule has 2 aromatic rings. The molecular weight excluding hydrogens is 367 g/mol. The van der Waals surface area contributed by atoms with E-state index < -0.39 is 17.6 Å². The second kappa shape index (κ2) is 9.88. The van der Waals surface area contributed by atoms with Crippen LogP contribution in [0.1, 0.15) is 18.1 Å². The molecule has 1 heterocycles. The van der Waals surface area contributed by atoms with Gasteiger partial charge in [-0.2, -0.15) is 0 Å². The summed E-state index contributed by atoms with van der Waals surface area (Å²) in [6.45, 7) is 2.53. The lowest BCUT2D eigenvalue weighted by molar-refractivity contribution is -0.159. The van der Waals surface area contributed by atoms with Gasteiger partial charge in [-0.25, -0.2) is 4.39 Å². The van der Waals surface area contributed by atoms with Gasteiger partial charge in [0.15, 0.2) is 0 Å². The van der Waals surface area contributed by atoms with Crippen LogP contribution in [-0.4, -0.2) is 35.5 Å². The topological polar surface area (TPSA) is 44.8 Å². The first-order valence-corrected chi connectivity index (χ1v) is 9.81. The molecule has 1 aliphatic heterocycles. The van der Waals surface area contributed by atoms with Crippen LogP contribution in [0.25, 0.3) is 0 Å². The van der Waals surface area contributed by atoms with E-state index >= 15 is 0 Å². The summed E-state index contributed by atoms with van der Waals surface area (Å²) in [7, 11) is 0. The molecule has 0 amide bonds. The Labute approximate surface area is 163 Å². The van der Waals surface area contributed by atoms with Gasteiger partial charge >= 0.3 is 5.97 Å². The van der Waals surface area contributed by atoms with Crippen LogP contribution in [0.3, 0.4) is 0 Å². The van der Waals surface area contributed by atoms with E-state index in [0.29, 0.717) is 19.8 Å². The highest BCUT2D eigenvalue weighted by Crippen LogP contribution is 2.43. The molecule has 27 heavy (non-hydrogen) atoms. The average molecular weight is 390 g/mol. The van der Waals surface area contributed by atoms with Crippen molar-refractivity contribution in [3.8, 4) is 0 Å². The average Bonchev–Trinajstić information content (AvgIpc) is 2.65. The van der Waals surface area contributed by atoms with Gasteiger partial charge in [0, 0.05) is 6.92 Å². The van der Waals surface area contributed by atoms with Crippen LogP contribution in [-0.2, 0) is 32.2 Å². The van der Waals surface area contributed by atoms with Crippen molar-refractivity contribution in [1.82, 2.24) is 0 Å². The van der Waals surface area contributed by atoms with Crippen molar-refractivity contribution >= 4 is 17.7 Å². The van der Waals surface area contributed by atoms with Gasteiger partial charge in [0.05, 0.1) is 36.4 Å². The smallest absolute Gasteiger partial charge is 0.305 e. The first-order chi connectivity index (χ1) is 13.1. The zero-order valence-electron chi connectivity index (χ0n) is 15.1. The highest BCUT2D eigenvalue weighted by atomic mass is 32.2. The fourth-order valence-corrected chi connectivity index (χ4v) is 4.20. The fourth-order valence-electron chi connectivity index (χ4n) is 2.89. The van der Waals surface area contributed by atoms with Crippen molar-refractivity contribution in [2.24, 2.45) is 0 Å². The van der Waals surface area contributed by atoms with Gasteiger partial charge in [-0.05, 0) is 11.1 Å². The molecule has 1 unspecified atom stereocenters. The van der Waals surface area contributed by atoms with E-state index in [0.717, 1.165) is 11.1 Å². The molecule has 144 valence electrons. The van der Waals surface area contributed by atoms with Gasteiger partial charge in [-0.15, -0.1) is 11.8 Å². The molecule has 0 bridgehead atoms. The van der Waals surface area contributed by atoms with Gasteiger partial charge in [-0.3, -0.25) is 4.79 Å². The maximum absolute atomic E-state index is 14.3. The van der Waals surface area contributed by atoms with E-state index in [2.05, 4.69) is 0 Å². The SMILES string of the molecule is CC(=O)OC(F)[C@H]1S[C@@H](COCc2ccccc2)[C@@H]1OCc1ccccc1. The third-order valence-corrected chi connectivity index (χ3v) is 5.79. The number of carbonyl (C=O) groups is 1. The minimum absolute atomic E-state index is 0.00349. The van der Waals surface area contributed by atoms with Gasteiger partial charge in [0.2, 0.25) is 0 Å². The molecule has 6 heteroatoms. The number of hydrogen-bond donors (Lipinski definition) is 0. The number of thioether (sulfide) groups is 1. The van der Waals surface area contributed by atoms with Gasteiger partial charge < -0.3 is 14.2 Å². The summed E-state index contributed by atoms with van der Waals surface area (Å²) >= 11 is 1.40. The molecule has 3 rings (SSSR count). The molecule has 0 aromatic heterocycles. The fraction of sp³-hybridized carbons (Fsp3) is 0.381. The zero-order chi connectivity index (χ0) is 19.1. The molecule has 1 fully saturated rings. The van der Waals surface area contributed by atoms with E-state index in [1.807, 2.05) is 60.7 Å². The van der Waals surface area contributed by atoms with Crippen LogP contribution in [0.4, 0.5) is 4.39 Å². The van der Waals surface area contributed by atoms with Crippen LogP contribution >= 0.6 is 11.8 Å². The third-order valence-electron chi connectivity index (χ3n) is 4.24. The van der Waals surface area contributed by atoms with E-state index in [-0.39, 0.29) is 11.4 Å². The predicted molar refractivity (Wildman–Crippen MR) is 103 cm³/mol. The Hall–Kier alpha value is -1.89. The second-order valence-corrected chi connectivity index (χ2v) is 7.78. The molecule has 0 saturated carbocycles. The molecule has 0 aliphatic carbocycles. The van der Waals surface area contributed by atoms with Gasteiger partial charge in [0.1, 0.15) is 0 Å². The van der Waals surface area contributed by atoms with E-state index in [1.54, 1.807) is 0 Å². The highest BCUT2D eigenvalue weighted by molar-refractivity contribution is 8.02. The largest absolute Gasteiger partial charge is 0.430 e. The number of halogens is 1. The zero-order valence-corrected chi connectivity index (χ0v) is 15.9. The first-order valence-electron chi connectivity index (χ1n) is 8.87. The molecule has 0 radical (unpaired) electrons.